The number of hydrogen-bond donors (Lipinski definition) is 1. The van der Waals surface area contributed by atoms with Crippen molar-refractivity contribution in [2.24, 2.45) is 0 Å². The molecule has 2 fully saturated rings. The van der Waals surface area contributed by atoms with Gasteiger partial charge in [-0.25, -0.2) is 0 Å². The summed E-state index contributed by atoms with van der Waals surface area (Å²) in [6.45, 7) is 1.96. The van der Waals surface area contributed by atoms with E-state index in [1.165, 1.54) is 6.42 Å². The van der Waals surface area contributed by atoms with Crippen molar-refractivity contribution < 1.29 is 9.53 Å². The van der Waals surface area contributed by atoms with Crippen molar-refractivity contribution in [2.75, 3.05) is 27.2 Å². The van der Waals surface area contributed by atoms with Gasteiger partial charge in [-0.15, -0.1) is 0 Å². The molecule has 1 atom stereocenters. The molecule has 0 radical (unpaired) electrons. The highest BCUT2D eigenvalue weighted by Crippen LogP contribution is 2.38. The molecule has 0 aromatic rings. The lowest BCUT2D eigenvalue weighted by atomic mass is 9.77. The van der Waals surface area contributed by atoms with E-state index in [9.17, 15) is 4.79 Å². The van der Waals surface area contributed by atoms with Crippen molar-refractivity contribution in [3.05, 3.63) is 0 Å². The van der Waals surface area contributed by atoms with Crippen molar-refractivity contribution in [1.29, 1.82) is 0 Å². The van der Waals surface area contributed by atoms with Gasteiger partial charge in [0.2, 0.25) is 5.91 Å². The Morgan fingerprint density at radius 1 is 1.56 bits per heavy atom. The lowest BCUT2D eigenvalue weighted by Crippen LogP contribution is -2.47. The molecule has 0 bridgehead atoms. The molecule has 4 heteroatoms. The minimum absolute atomic E-state index is 0.141. The molecule has 0 aromatic carbocycles. The zero-order valence-corrected chi connectivity index (χ0v) is 10.3. The molecule has 4 nitrogen and oxygen atoms in total. The number of nitrogens with zero attached hydrogens (tertiary/aromatic N) is 1. The summed E-state index contributed by atoms with van der Waals surface area (Å²) in [6, 6.07) is 0.376. The number of rotatable bonds is 4. The highest BCUT2D eigenvalue weighted by molar-refractivity contribution is 5.77. The van der Waals surface area contributed by atoms with Crippen molar-refractivity contribution in [3.8, 4) is 0 Å². The molecule has 1 N–H and O–H groups in total. The zero-order valence-electron chi connectivity index (χ0n) is 10.3. The van der Waals surface area contributed by atoms with E-state index in [0.717, 1.165) is 32.4 Å². The van der Waals surface area contributed by atoms with Gasteiger partial charge >= 0.3 is 0 Å². The fourth-order valence-corrected chi connectivity index (χ4v) is 2.60. The smallest absolute Gasteiger partial charge is 0.225 e. The second kappa shape index (κ2) is 4.72. The molecule has 1 saturated heterocycles. The van der Waals surface area contributed by atoms with Crippen molar-refractivity contribution in [1.82, 2.24) is 10.2 Å². The molecule has 1 saturated carbocycles. The summed E-state index contributed by atoms with van der Waals surface area (Å²) in [7, 11) is 3.64. The lowest BCUT2D eigenvalue weighted by Gasteiger charge is -2.41. The van der Waals surface area contributed by atoms with Crippen molar-refractivity contribution in [2.45, 2.75) is 43.7 Å². The molecule has 1 heterocycles. The van der Waals surface area contributed by atoms with Gasteiger partial charge in [-0.2, -0.15) is 0 Å². The average Bonchev–Trinajstić information content (AvgIpc) is 2.75. The Balaban J connectivity index is 1.86. The number of hydrogen-bond acceptors (Lipinski definition) is 3. The normalized spacial score (nSPS) is 27.5. The van der Waals surface area contributed by atoms with E-state index in [0.29, 0.717) is 12.5 Å². The quantitative estimate of drug-likeness (QED) is 0.769. The Labute approximate surface area is 97.3 Å². The molecule has 0 spiro atoms. The molecule has 92 valence electrons. The first-order valence-electron chi connectivity index (χ1n) is 6.18. The van der Waals surface area contributed by atoms with Crippen molar-refractivity contribution in [3.63, 3.8) is 0 Å². The first kappa shape index (κ1) is 11.9. The number of methoxy groups -OCH3 is 1. The van der Waals surface area contributed by atoms with Crippen LogP contribution in [0.2, 0.25) is 0 Å². The fourth-order valence-electron chi connectivity index (χ4n) is 2.60. The van der Waals surface area contributed by atoms with E-state index < -0.39 is 0 Å². The van der Waals surface area contributed by atoms with Crippen LogP contribution in [0.5, 0.6) is 0 Å². The number of carbonyl (C=O) groups excluding carboxylic acids is 1. The van der Waals surface area contributed by atoms with E-state index in [1.54, 1.807) is 7.11 Å². The molecule has 16 heavy (non-hydrogen) atoms. The summed E-state index contributed by atoms with van der Waals surface area (Å²) < 4.78 is 5.49. The predicted molar refractivity (Wildman–Crippen MR) is 62.3 cm³/mol. The monoisotopic (exact) mass is 226 g/mol. The van der Waals surface area contributed by atoms with Gasteiger partial charge in [-0.3, -0.25) is 4.79 Å². The van der Waals surface area contributed by atoms with Crippen LogP contribution in [0.1, 0.15) is 32.1 Å². The van der Waals surface area contributed by atoms with Crippen LogP contribution in [0.4, 0.5) is 0 Å². The van der Waals surface area contributed by atoms with E-state index in [4.69, 9.17) is 4.74 Å². The van der Waals surface area contributed by atoms with E-state index in [2.05, 4.69) is 5.32 Å². The highest BCUT2D eigenvalue weighted by Gasteiger charge is 2.40. The third-order valence-electron chi connectivity index (χ3n) is 4.15. The SMILES string of the molecule is COC1(CC(=O)N(C)C2CCNC2)CCC1. The standard InChI is InChI=1S/C12H22N2O2/c1-14(10-4-7-13-9-10)11(15)8-12(16-2)5-3-6-12/h10,13H,3-9H2,1-2H3. The van der Waals surface area contributed by atoms with Gasteiger partial charge in [0.25, 0.3) is 0 Å². The summed E-state index contributed by atoms with van der Waals surface area (Å²) in [5, 5.41) is 3.29. The molecule has 1 aliphatic heterocycles. The van der Waals surface area contributed by atoms with Crippen molar-refractivity contribution >= 4 is 5.91 Å². The Morgan fingerprint density at radius 2 is 2.31 bits per heavy atom. The molecular formula is C12H22N2O2. The summed E-state index contributed by atoms with van der Waals surface area (Å²) >= 11 is 0. The number of nitrogens with one attached hydrogen (secondary N) is 1. The molecule has 1 unspecified atom stereocenters. The van der Waals surface area contributed by atoms with Gasteiger partial charge < -0.3 is 15.0 Å². The lowest BCUT2D eigenvalue weighted by molar-refractivity contribution is -0.144. The van der Waals surface area contributed by atoms with Crippen LogP contribution in [0.3, 0.4) is 0 Å². The van der Waals surface area contributed by atoms with Gasteiger partial charge in [0.15, 0.2) is 0 Å². The van der Waals surface area contributed by atoms with Gasteiger partial charge in [0, 0.05) is 26.7 Å². The summed E-state index contributed by atoms with van der Waals surface area (Å²) in [5.41, 5.74) is -0.141. The fraction of sp³-hybridized carbons (Fsp3) is 0.917. The van der Waals surface area contributed by atoms with Crippen LogP contribution >= 0.6 is 0 Å². The Hall–Kier alpha value is -0.610. The maximum atomic E-state index is 12.1. The second-order valence-corrected chi connectivity index (χ2v) is 5.07. The molecule has 2 rings (SSSR count). The average molecular weight is 226 g/mol. The van der Waals surface area contributed by atoms with Crippen LogP contribution < -0.4 is 5.32 Å². The topological polar surface area (TPSA) is 41.6 Å². The molecule has 0 aromatic heterocycles. The molecule has 2 aliphatic rings. The maximum Gasteiger partial charge on any atom is 0.225 e. The minimum atomic E-state index is -0.141. The van der Waals surface area contributed by atoms with Gasteiger partial charge in [0.05, 0.1) is 12.0 Å². The third-order valence-corrected chi connectivity index (χ3v) is 4.15. The Bertz CT molecular complexity index is 252. The highest BCUT2D eigenvalue weighted by atomic mass is 16.5. The number of likely N-dealkylation sites (N-methyl/N-ethyl adjacent to an activating group) is 1. The van der Waals surface area contributed by atoms with Gasteiger partial charge in [-0.05, 0) is 32.2 Å². The first-order valence-corrected chi connectivity index (χ1v) is 6.18. The summed E-state index contributed by atoms with van der Waals surface area (Å²) in [5.74, 6) is 0.232. The second-order valence-electron chi connectivity index (χ2n) is 5.07. The first-order chi connectivity index (χ1) is 7.67. The molecule has 1 amide bonds. The van der Waals surface area contributed by atoms with Crippen LogP contribution in [-0.4, -0.2) is 49.7 Å². The number of ether oxygens (including phenoxy) is 1. The number of carbonyl (C=O) groups is 1. The van der Waals surface area contributed by atoms with Crippen LogP contribution in [0.15, 0.2) is 0 Å². The Kier molecular flexibility index (Phi) is 3.50. The number of amides is 1. The van der Waals surface area contributed by atoms with E-state index in [1.807, 2.05) is 11.9 Å². The maximum absolute atomic E-state index is 12.1. The molecular weight excluding hydrogens is 204 g/mol. The Morgan fingerprint density at radius 3 is 2.75 bits per heavy atom. The zero-order chi connectivity index (χ0) is 11.6. The van der Waals surface area contributed by atoms with Crippen LogP contribution in [0.25, 0.3) is 0 Å². The van der Waals surface area contributed by atoms with Gasteiger partial charge in [0.1, 0.15) is 0 Å². The largest absolute Gasteiger partial charge is 0.378 e. The van der Waals surface area contributed by atoms with E-state index >= 15 is 0 Å². The van der Waals surface area contributed by atoms with Crippen LogP contribution in [-0.2, 0) is 9.53 Å². The minimum Gasteiger partial charge on any atom is -0.378 e. The van der Waals surface area contributed by atoms with Gasteiger partial charge in [-0.1, -0.05) is 0 Å². The predicted octanol–water partition coefficient (Wildman–Crippen LogP) is 0.766. The summed E-state index contributed by atoms with van der Waals surface area (Å²) in [4.78, 5) is 14.0. The third kappa shape index (κ3) is 2.23. The van der Waals surface area contributed by atoms with E-state index in [-0.39, 0.29) is 11.5 Å². The molecule has 1 aliphatic carbocycles. The summed E-state index contributed by atoms with van der Waals surface area (Å²) in [6.07, 6.45) is 4.88. The van der Waals surface area contributed by atoms with Crippen LogP contribution in [0, 0.1) is 0 Å².